The van der Waals surface area contributed by atoms with Crippen LogP contribution in [-0.4, -0.2) is 42.9 Å². The van der Waals surface area contributed by atoms with E-state index in [1.807, 2.05) is 0 Å². The molecule has 1 saturated heterocycles. The van der Waals surface area contributed by atoms with Crippen LogP contribution in [0.5, 0.6) is 0 Å². The maximum atomic E-state index is 12.1. The molecule has 1 aliphatic rings. The van der Waals surface area contributed by atoms with Crippen molar-refractivity contribution >= 4 is 27.4 Å². The van der Waals surface area contributed by atoms with Crippen LogP contribution in [0.2, 0.25) is 0 Å². The van der Waals surface area contributed by atoms with E-state index < -0.39 is 15.8 Å². The molecule has 0 saturated carbocycles. The number of carboxylic acid groups (broad SMARTS) is 1. The molecule has 6 nitrogen and oxygen atoms in total. The Hall–Kier alpha value is -1.89. The van der Waals surface area contributed by atoms with Gasteiger partial charge >= 0.3 is 5.97 Å². The lowest BCUT2D eigenvalue weighted by Crippen LogP contribution is -2.41. The van der Waals surface area contributed by atoms with Crippen molar-refractivity contribution in [1.82, 2.24) is 0 Å². The van der Waals surface area contributed by atoms with Crippen LogP contribution in [0.25, 0.3) is 0 Å². The summed E-state index contributed by atoms with van der Waals surface area (Å²) in [5.74, 6) is -1.17. The molecule has 0 spiro atoms. The van der Waals surface area contributed by atoms with E-state index in [9.17, 15) is 18.0 Å². The summed E-state index contributed by atoms with van der Waals surface area (Å²) < 4.78 is 23.2. The van der Waals surface area contributed by atoms with Crippen LogP contribution in [0.3, 0.4) is 0 Å². The number of carbonyl (C=O) groups is 2. The number of nitrogens with zero attached hydrogens (tertiary/aromatic N) is 1. The van der Waals surface area contributed by atoms with Crippen molar-refractivity contribution < 1.29 is 23.1 Å². The molecule has 1 atom stereocenters. The Labute approximate surface area is 123 Å². The summed E-state index contributed by atoms with van der Waals surface area (Å²) in [6.45, 7) is 1.71. The van der Waals surface area contributed by atoms with Gasteiger partial charge in [-0.05, 0) is 30.7 Å². The second kappa shape index (κ2) is 5.85. The molecule has 1 amide bonds. The summed E-state index contributed by atoms with van der Waals surface area (Å²) in [5.41, 5.74) is 0.663. The van der Waals surface area contributed by atoms with Gasteiger partial charge < -0.3 is 10.0 Å². The number of rotatable bonds is 4. The number of amides is 1. The lowest BCUT2D eigenvalue weighted by atomic mass is 10.1. The average molecular weight is 311 g/mol. The average Bonchev–Trinajstić information content (AvgIpc) is 2.79. The zero-order valence-electron chi connectivity index (χ0n) is 11.7. The zero-order valence-corrected chi connectivity index (χ0v) is 12.5. The first-order chi connectivity index (χ1) is 9.84. The van der Waals surface area contributed by atoms with Gasteiger partial charge in [-0.1, -0.05) is 6.92 Å². The minimum atomic E-state index is -3.10. The summed E-state index contributed by atoms with van der Waals surface area (Å²) in [6.07, 6.45) is 0.673. The summed E-state index contributed by atoms with van der Waals surface area (Å²) >= 11 is 0. The molecule has 21 heavy (non-hydrogen) atoms. The number of anilines is 1. The Morgan fingerprint density at radius 3 is 2.33 bits per heavy atom. The second-order valence-electron chi connectivity index (χ2n) is 5.03. The normalized spacial score (nSPS) is 20.1. The van der Waals surface area contributed by atoms with Crippen LogP contribution in [0, 0.1) is 0 Å². The van der Waals surface area contributed by atoms with Crippen molar-refractivity contribution in [2.45, 2.75) is 25.8 Å². The lowest BCUT2D eigenvalue weighted by molar-refractivity contribution is -0.118. The molecule has 0 bridgehead atoms. The van der Waals surface area contributed by atoms with Gasteiger partial charge in [0, 0.05) is 12.1 Å². The Kier molecular flexibility index (Phi) is 4.32. The van der Waals surface area contributed by atoms with Gasteiger partial charge in [0.25, 0.3) is 0 Å². The summed E-state index contributed by atoms with van der Waals surface area (Å²) in [5, 5.41) is 8.89. The Bertz CT molecular complexity index is 650. The number of sulfone groups is 1. The summed E-state index contributed by atoms with van der Waals surface area (Å²) in [6, 6.07) is 5.54. The predicted octanol–water partition coefficient (Wildman–Crippen LogP) is 1.31. The molecule has 1 N–H and O–H groups in total. The van der Waals surface area contributed by atoms with Crippen LogP contribution in [0.1, 0.15) is 30.1 Å². The molecule has 1 aromatic carbocycles. The standard InChI is InChI=1S/C14H17NO5S/c1-2-13(16)15(12-7-8-21(19,20)9-12)11-5-3-10(4-6-11)14(17)18/h3-6,12H,2,7-9H2,1H3,(H,17,18). The molecule has 1 heterocycles. The van der Waals surface area contributed by atoms with Crippen LogP contribution >= 0.6 is 0 Å². The molecule has 1 fully saturated rings. The van der Waals surface area contributed by atoms with Gasteiger partial charge in [-0.2, -0.15) is 0 Å². The third-order valence-electron chi connectivity index (χ3n) is 3.54. The molecule has 0 aromatic heterocycles. The minimum absolute atomic E-state index is 0.0422. The van der Waals surface area contributed by atoms with E-state index in [4.69, 9.17) is 5.11 Å². The van der Waals surface area contributed by atoms with Gasteiger partial charge in [0.2, 0.25) is 5.91 Å². The van der Waals surface area contributed by atoms with Gasteiger partial charge in [0.1, 0.15) is 0 Å². The van der Waals surface area contributed by atoms with Crippen LogP contribution in [0.15, 0.2) is 24.3 Å². The molecule has 114 valence electrons. The first-order valence-corrected chi connectivity index (χ1v) is 8.52. The van der Waals surface area contributed by atoms with Gasteiger partial charge in [-0.25, -0.2) is 13.2 Å². The molecule has 1 aromatic rings. The van der Waals surface area contributed by atoms with E-state index in [2.05, 4.69) is 0 Å². The Morgan fingerprint density at radius 2 is 1.90 bits per heavy atom. The molecule has 0 aliphatic carbocycles. The number of hydrogen-bond donors (Lipinski definition) is 1. The van der Waals surface area contributed by atoms with Gasteiger partial charge in [0.15, 0.2) is 9.84 Å². The highest BCUT2D eigenvalue weighted by Gasteiger charge is 2.34. The molecule has 2 rings (SSSR count). The molecular formula is C14H17NO5S. The number of hydrogen-bond acceptors (Lipinski definition) is 4. The van der Waals surface area contributed by atoms with Crippen LogP contribution in [-0.2, 0) is 14.6 Å². The van der Waals surface area contributed by atoms with Crippen molar-refractivity contribution in [2.75, 3.05) is 16.4 Å². The van der Waals surface area contributed by atoms with E-state index in [0.717, 1.165) is 0 Å². The highest BCUT2D eigenvalue weighted by Crippen LogP contribution is 2.25. The van der Waals surface area contributed by atoms with E-state index in [1.165, 1.54) is 17.0 Å². The predicted molar refractivity (Wildman–Crippen MR) is 78.2 cm³/mol. The minimum Gasteiger partial charge on any atom is -0.478 e. The summed E-state index contributed by atoms with van der Waals surface area (Å²) in [7, 11) is -3.10. The van der Waals surface area contributed by atoms with E-state index in [1.54, 1.807) is 19.1 Å². The maximum Gasteiger partial charge on any atom is 0.335 e. The maximum absolute atomic E-state index is 12.1. The highest BCUT2D eigenvalue weighted by atomic mass is 32.2. The fraction of sp³-hybridized carbons (Fsp3) is 0.429. The lowest BCUT2D eigenvalue weighted by Gasteiger charge is -2.28. The number of carboxylic acids is 1. The molecular weight excluding hydrogens is 294 g/mol. The van der Waals surface area contributed by atoms with E-state index in [0.29, 0.717) is 12.1 Å². The summed E-state index contributed by atoms with van der Waals surface area (Å²) in [4.78, 5) is 24.5. The van der Waals surface area contributed by atoms with Crippen LogP contribution < -0.4 is 4.90 Å². The van der Waals surface area contributed by atoms with Crippen molar-refractivity contribution in [3.63, 3.8) is 0 Å². The Morgan fingerprint density at radius 1 is 1.29 bits per heavy atom. The van der Waals surface area contributed by atoms with Gasteiger partial charge in [0.05, 0.1) is 23.1 Å². The quantitative estimate of drug-likeness (QED) is 0.905. The number of carbonyl (C=O) groups excluding carboxylic acids is 1. The highest BCUT2D eigenvalue weighted by molar-refractivity contribution is 7.91. The third-order valence-corrected chi connectivity index (χ3v) is 5.29. The van der Waals surface area contributed by atoms with Gasteiger partial charge in [-0.3, -0.25) is 4.79 Å². The zero-order chi connectivity index (χ0) is 15.6. The smallest absolute Gasteiger partial charge is 0.335 e. The fourth-order valence-corrected chi connectivity index (χ4v) is 4.17. The third kappa shape index (κ3) is 3.41. The Balaban J connectivity index is 2.32. The van der Waals surface area contributed by atoms with Crippen molar-refractivity contribution in [1.29, 1.82) is 0 Å². The molecule has 7 heteroatoms. The fourth-order valence-electron chi connectivity index (χ4n) is 2.47. The SMILES string of the molecule is CCC(=O)N(c1ccc(C(=O)O)cc1)C1CCS(=O)(=O)C1. The largest absolute Gasteiger partial charge is 0.478 e. The first kappa shape index (κ1) is 15.5. The topological polar surface area (TPSA) is 91.8 Å². The van der Waals surface area contributed by atoms with Crippen molar-refractivity contribution in [3.8, 4) is 0 Å². The monoisotopic (exact) mass is 311 g/mol. The van der Waals surface area contributed by atoms with Crippen molar-refractivity contribution in [3.05, 3.63) is 29.8 Å². The number of aromatic carboxylic acids is 1. The first-order valence-electron chi connectivity index (χ1n) is 6.70. The molecule has 1 unspecified atom stereocenters. The second-order valence-corrected chi connectivity index (χ2v) is 7.25. The van der Waals surface area contributed by atoms with Crippen LogP contribution in [0.4, 0.5) is 5.69 Å². The van der Waals surface area contributed by atoms with Crippen molar-refractivity contribution in [2.24, 2.45) is 0 Å². The van der Waals surface area contributed by atoms with E-state index in [-0.39, 0.29) is 35.4 Å². The number of benzene rings is 1. The molecule has 1 aliphatic heterocycles. The molecule has 0 radical (unpaired) electrons. The van der Waals surface area contributed by atoms with Gasteiger partial charge in [-0.15, -0.1) is 0 Å². The van der Waals surface area contributed by atoms with E-state index >= 15 is 0 Å².